The number of hydrogen-bond donors (Lipinski definition) is 3. The van der Waals surface area contributed by atoms with Crippen molar-refractivity contribution < 1.29 is 28.2 Å². The highest BCUT2D eigenvalue weighted by molar-refractivity contribution is 5.83. The van der Waals surface area contributed by atoms with Gasteiger partial charge >= 0.3 is 6.09 Å². The fourth-order valence-corrected chi connectivity index (χ4v) is 5.13. The number of nitriles is 1. The first-order valence-electron chi connectivity index (χ1n) is 13.2. The lowest BCUT2D eigenvalue weighted by atomic mass is 9.78. The second kappa shape index (κ2) is 12.2. The van der Waals surface area contributed by atoms with Gasteiger partial charge in [0.1, 0.15) is 11.3 Å². The number of carbonyl (C=O) groups excluding carboxylic acids is 1. The van der Waals surface area contributed by atoms with Crippen molar-refractivity contribution >= 4 is 17.7 Å². The number of carbonyl (C=O) groups is 2. The number of methoxy groups -OCH3 is 1. The van der Waals surface area contributed by atoms with E-state index < -0.39 is 35.9 Å². The summed E-state index contributed by atoms with van der Waals surface area (Å²) in [6.45, 7) is 5.08. The van der Waals surface area contributed by atoms with Gasteiger partial charge in [0.25, 0.3) is 0 Å². The molecule has 4 N–H and O–H groups in total. The number of halogens is 2. The number of ether oxygens (including phenoxy) is 1. The summed E-state index contributed by atoms with van der Waals surface area (Å²) < 4.78 is 31.7. The number of likely N-dealkylation sites (tertiary alicyclic amines) is 1. The van der Waals surface area contributed by atoms with E-state index >= 15 is 0 Å². The van der Waals surface area contributed by atoms with Crippen molar-refractivity contribution in [2.24, 2.45) is 11.1 Å². The molecule has 210 valence electrons. The summed E-state index contributed by atoms with van der Waals surface area (Å²) in [7, 11) is 1.68. The second-order valence-electron chi connectivity index (χ2n) is 10.7. The molecule has 2 saturated heterocycles. The van der Waals surface area contributed by atoms with Gasteiger partial charge in [0.15, 0.2) is 0 Å². The average molecular weight is 536 g/mol. The van der Waals surface area contributed by atoms with Crippen LogP contribution in [0.2, 0.25) is 0 Å². The van der Waals surface area contributed by atoms with Gasteiger partial charge in [-0.25, -0.2) is 13.6 Å². The predicted molar refractivity (Wildman–Crippen MR) is 139 cm³/mol. The van der Waals surface area contributed by atoms with Gasteiger partial charge in [0.05, 0.1) is 19.2 Å². The van der Waals surface area contributed by atoms with E-state index in [1.165, 1.54) is 5.69 Å². The number of anilines is 1. The lowest BCUT2D eigenvalue weighted by molar-refractivity contribution is -0.125. The summed E-state index contributed by atoms with van der Waals surface area (Å²) in [4.78, 5) is 26.5. The Labute approximate surface area is 222 Å². The van der Waals surface area contributed by atoms with Crippen LogP contribution < -0.4 is 20.7 Å². The van der Waals surface area contributed by atoms with Gasteiger partial charge < -0.3 is 30.7 Å². The van der Waals surface area contributed by atoms with Gasteiger partial charge in [0.2, 0.25) is 11.8 Å². The minimum absolute atomic E-state index is 0.280. The van der Waals surface area contributed by atoms with E-state index in [0.717, 1.165) is 38.1 Å². The Bertz CT molecular complexity index is 1000. The summed E-state index contributed by atoms with van der Waals surface area (Å²) in [5, 5.41) is 20.2. The number of piperidine rings is 1. The zero-order chi connectivity index (χ0) is 28.0. The average Bonchev–Trinajstić information content (AvgIpc) is 3.55. The lowest BCUT2D eigenvalue weighted by Gasteiger charge is -2.38. The first-order valence-corrected chi connectivity index (χ1v) is 13.2. The van der Waals surface area contributed by atoms with Crippen LogP contribution in [0.25, 0.3) is 0 Å². The van der Waals surface area contributed by atoms with Crippen LogP contribution in [0.15, 0.2) is 24.3 Å². The van der Waals surface area contributed by atoms with Crippen molar-refractivity contribution in [2.45, 2.75) is 75.8 Å². The smallest absolute Gasteiger partial charge is 0.407 e. The van der Waals surface area contributed by atoms with Gasteiger partial charge in [-0.2, -0.15) is 5.26 Å². The van der Waals surface area contributed by atoms with Crippen LogP contribution in [0.5, 0.6) is 5.75 Å². The zero-order valence-electron chi connectivity index (χ0n) is 22.2. The maximum atomic E-state index is 13.2. The van der Waals surface area contributed by atoms with E-state index in [1.807, 2.05) is 18.2 Å². The Morgan fingerprint density at radius 1 is 1.18 bits per heavy atom. The van der Waals surface area contributed by atoms with E-state index in [9.17, 15) is 18.4 Å². The molecular formula is C27H39F2N5O4. The van der Waals surface area contributed by atoms with E-state index in [1.54, 1.807) is 18.9 Å². The largest absolute Gasteiger partial charge is 0.497 e. The molecule has 0 unspecified atom stereocenters. The molecule has 1 aliphatic carbocycles. The summed E-state index contributed by atoms with van der Waals surface area (Å²) in [6, 6.07) is 8.88. The molecule has 0 bridgehead atoms. The highest BCUT2D eigenvalue weighted by atomic mass is 19.3. The van der Waals surface area contributed by atoms with Crippen molar-refractivity contribution in [1.29, 1.82) is 5.26 Å². The standard InChI is InChI=1S/C16H22N2O3.C11H17F2N3O/c1-21-14-4-2-13(3-5-14)18-11-8-16(12-18)6-9-17(10-7-16)15(19)20;1-2-3-11(12,13)6-8(15)9(17)16-10(7-14)4-5-10/h2-5H,6-12H2,1H3,(H,19,20);8H,2-6,15H2,1H3,(H,16,17)/t;8-/m.0/s1. The lowest BCUT2D eigenvalue weighted by Crippen LogP contribution is -2.48. The molecule has 2 amide bonds. The first kappa shape index (κ1) is 29.4. The molecule has 1 spiro atoms. The number of amides is 2. The van der Waals surface area contributed by atoms with Crippen molar-refractivity contribution in [3.63, 3.8) is 0 Å². The number of nitrogens with one attached hydrogen (secondary N) is 1. The van der Waals surface area contributed by atoms with E-state index in [4.69, 9.17) is 20.8 Å². The number of carboxylic acid groups (broad SMARTS) is 1. The van der Waals surface area contributed by atoms with Crippen LogP contribution in [-0.4, -0.2) is 72.8 Å². The molecule has 1 atom stereocenters. The summed E-state index contributed by atoms with van der Waals surface area (Å²) in [5.41, 5.74) is 6.10. The molecule has 3 fully saturated rings. The van der Waals surface area contributed by atoms with Crippen LogP contribution in [0.3, 0.4) is 0 Å². The van der Waals surface area contributed by atoms with Gasteiger partial charge in [-0.15, -0.1) is 0 Å². The molecule has 0 radical (unpaired) electrons. The molecule has 2 heterocycles. The number of rotatable bonds is 8. The third-order valence-corrected chi connectivity index (χ3v) is 7.77. The fraction of sp³-hybridized carbons (Fsp3) is 0.667. The topological polar surface area (TPSA) is 132 Å². The molecule has 11 heteroatoms. The molecule has 1 aromatic rings. The van der Waals surface area contributed by atoms with Crippen molar-refractivity contribution in [1.82, 2.24) is 10.2 Å². The third-order valence-electron chi connectivity index (χ3n) is 7.77. The van der Waals surface area contributed by atoms with Crippen molar-refractivity contribution in [2.75, 3.05) is 38.2 Å². The minimum Gasteiger partial charge on any atom is -0.497 e. The van der Waals surface area contributed by atoms with Crippen LogP contribution >= 0.6 is 0 Å². The number of nitrogens with zero attached hydrogens (tertiary/aromatic N) is 3. The molecule has 1 saturated carbocycles. The minimum atomic E-state index is -2.92. The van der Waals surface area contributed by atoms with E-state index in [2.05, 4.69) is 22.3 Å². The van der Waals surface area contributed by atoms with Crippen LogP contribution in [0.4, 0.5) is 19.3 Å². The summed E-state index contributed by atoms with van der Waals surface area (Å²) in [5.74, 6) is -2.71. The highest BCUT2D eigenvalue weighted by Gasteiger charge is 2.46. The van der Waals surface area contributed by atoms with E-state index in [0.29, 0.717) is 37.8 Å². The van der Waals surface area contributed by atoms with E-state index in [-0.39, 0.29) is 6.42 Å². The fourth-order valence-electron chi connectivity index (χ4n) is 5.13. The number of benzene rings is 1. The predicted octanol–water partition coefficient (Wildman–Crippen LogP) is 3.98. The Morgan fingerprint density at radius 3 is 2.29 bits per heavy atom. The monoisotopic (exact) mass is 535 g/mol. The molecule has 3 aliphatic rings. The Balaban J connectivity index is 0.000000216. The zero-order valence-corrected chi connectivity index (χ0v) is 22.2. The molecule has 9 nitrogen and oxygen atoms in total. The van der Waals surface area contributed by atoms with Crippen LogP contribution in [-0.2, 0) is 4.79 Å². The maximum Gasteiger partial charge on any atom is 0.407 e. The maximum absolute atomic E-state index is 13.2. The number of nitrogens with two attached hydrogens (primary N) is 1. The van der Waals surface area contributed by atoms with Crippen molar-refractivity contribution in [3.8, 4) is 11.8 Å². The molecule has 2 aliphatic heterocycles. The SMILES string of the molecule is CCCC(F)(F)C[C@H](N)C(=O)NC1(C#N)CC1.COc1ccc(N2CCC3(CCN(C(=O)O)CC3)C2)cc1. The van der Waals surface area contributed by atoms with Gasteiger partial charge in [0, 0.05) is 44.7 Å². The van der Waals surface area contributed by atoms with Gasteiger partial charge in [-0.3, -0.25) is 4.79 Å². The van der Waals surface area contributed by atoms with Crippen molar-refractivity contribution in [3.05, 3.63) is 24.3 Å². The Kier molecular flexibility index (Phi) is 9.41. The number of hydrogen-bond acceptors (Lipinski definition) is 6. The first-order chi connectivity index (χ1) is 18.0. The quantitative estimate of drug-likeness (QED) is 0.459. The Morgan fingerprint density at radius 2 is 1.79 bits per heavy atom. The van der Waals surface area contributed by atoms with Gasteiger partial charge in [-0.05, 0) is 61.8 Å². The van der Waals surface area contributed by atoms with Gasteiger partial charge in [-0.1, -0.05) is 13.3 Å². The van der Waals surface area contributed by atoms with Crippen LogP contribution in [0, 0.1) is 16.7 Å². The normalized spacial score (nSPS) is 20.1. The second-order valence-corrected chi connectivity index (χ2v) is 10.7. The highest BCUT2D eigenvalue weighted by Crippen LogP contribution is 2.42. The van der Waals surface area contributed by atoms with Crippen LogP contribution in [0.1, 0.15) is 58.3 Å². The molecule has 1 aromatic carbocycles. The molecule has 4 rings (SSSR count). The molecular weight excluding hydrogens is 496 g/mol. The molecule has 38 heavy (non-hydrogen) atoms. The third kappa shape index (κ3) is 7.69. The summed E-state index contributed by atoms with van der Waals surface area (Å²) >= 11 is 0. The Hall–Kier alpha value is -3.13. The number of alkyl halides is 2. The molecule has 0 aromatic heterocycles. The summed E-state index contributed by atoms with van der Waals surface area (Å²) in [6.07, 6.45) is 2.84.